The van der Waals surface area contributed by atoms with Gasteiger partial charge in [0, 0.05) is 31.0 Å². The van der Waals surface area contributed by atoms with Gasteiger partial charge in [0.1, 0.15) is 12.4 Å². The molecule has 1 aliphatic heterocycles. The van der Waals surface area contributed by atoms with Crippen LogP contribution in [0.3, 0.4) is 0 Å². The van der Waals surface area contributed by atoms with E-state index in [1.807, 2.05) is 6.07 Å². The Morgan fingerprint density at radius 3 is 3.08 bits per heavy atom. The number of pyridine rings is 1. The lowest BCUT2D eigenvalue weighted by Crippen LogP contribution is -2.27. The van der Waals surface area contributed by atoms with Crippen molar-refractivity contribution in [2.75, 3.05) is 32.2 Å². The molecule has 136 valence electrons. The number of carbonyl (C=O) groups is 2. The van der Waals surface area contributed by atoms with Crippen molar-refractivity contribution in [3.8, 4) is 11.6 Å². The lowest BCUT2D eigenvalue weighted by atomic mass is 10.1. The molecule has 0 atom stereocenters. The maximum atomic E-state index is 12.4. The molecule has 1 aliphatic rings. The van der Waals surface area contributed by atoms with Gasteiger partial charge >= 0.3 is 0 Å². The maximum Gasteiger partial charge on any atom is 0.262 e. The number of aromatic nitrogens is 1. The zero-order valence-corrected chi connectivity index (χ0v) is 14.3. The first-order valence-corrected chi connectivity index (χ1v) is 8.08. The van der Waals surface area contributed by atoms with E-state index in [0.717, 1.165) is 5.56 Å². The van der Waals surface area contributed by atoms with Crippen LogP contribution in [0.25, 0.3) is 0 Å². The molecule has 1 aromatic heterocycles. The molecule has 0 aliphatic carbocycles. The number of fused-ring (bicyclic) bond motifs is 1. The van der Waals surface area contributed by atoms with Gasteiger partial charge in [-0.05, 0) is 24.3 Å². The minimum atomic E-state index is -0.264. The Bertz CT molecular complexity index is 809. The Kier molecular flexibility index (Phi) is 5.65. The van der Waals surface area contributed by atoms with E-state index in [9.17, 15) is 9.59 Å². The minimum Gasteiger partial charge on any atom is -0.482 e. The van der Waals surface area contributed by atoms with Crippen LogP contribution in [0, 0.1) is 0 Å². The lowest BCUT2D eigenvalue weighted by molar-refractivity contribution is -0.118. The van der Waals surface area contributed by atoms with Crippen LogP contribution in [0.15, 0.2) is 36.5 Å². The molecule has 0 radical (unpaired) electrons. The Balaban J connectivity index is 1.63. The average Bonchev–Trinajstić information content (AvgIpc) is 2.66. The third-order valence-corrected chi connectivity index (χ3v) is 3.69. The number of hydrogen-bond acceptors (Lipinski definition) is 6. The summed E-state index contributed by atoms with van der Waals surface area (Å²) in [5.74, 6) is 0.454. The van der Waals surface area contributed by atoms with Crippen molar-refractivity contribution in [2.45, 2.75) is 6.54 Å². The smallest absolute Gasteiger partial charge is 0.262 e. The molecule has 0 unspecified atom stereocenters. The van der Waals surface area contributed by atoms with Gasteiger partial charge in [-0.3, -0.25) is 9.59 Å². The molecule has 2 aromatic rings. The van der Waals surface area contributed by atoms with E-state index < -0.39 is 0 Å². The normalized spacial score (nSPS) is 12.6. The van der Waals surface area contributed by atoms with E-state index in [4.69, 9.17) is 14.2 Å². The molecule has 2 N–H and O–H groups in total. The van der Waals surface area contributed by atoms with Crippen LogP contribution >= 0.6 is 0 Å². The number of rotatable bonds is 7. The van der Waals surface area contributed by atoms with Gasteiger partial charge in [0.2, 0.25) is 5.88 Å². The van der Waals surface area contributed by atoms with Gasteiger partial charge in [0.05, 0.1) is 12.3 Å². The van der Waals surface area contributed by atoms with Gasteiger partial charge in [0.25, 0.3) is 11.8 Å². The predicted molar refractivity (Wildman–Crippen MR) is 93.3 cm³/mol. The molecule has 26 heavy (non-hydrogen) atoms. The second-order valence-electron chi connectivity index (χ2n) is 5.54. The summed E-state index contributed by atoms with van der Waals surface area (Å²) >= 11 is 0. The largest absolute Gasteiger partial charge is 0.482 e. The second kappa shape index (κ2) is 8.30. The zero-order chi connectivity index (χ0) is 18.4. The third-order valence-electron chi connectivity index (χ3n) is 3.69. The van der Waals surface area contributed by atoms with Gasteiger partial charge in [-0.15, -0.1) is 0 Å². The van der Waals surface area contributed by atoms with Crippen LogP contribution in [0.4, 0.5) is 5.69 Å². The van der Waals surface area contributed by atoms with Crippen molar-refractivity contribution in [1.82, 2.24) is 10.3 Å². The van der Waals surface area contributed by atoms with E-state index in [1.165, 1.54) is 0 Å². The monoisotopic (exact) mass is 357 g/mol. The number of ether oxygens (including phenoxy) is 3. The van der Waals surface area contributed by atoms with E-state index >= 15 is 0 Å². The van der Waals surface area contributed by atoms with Crippen LogP contribution in [-0.2, 0) is 16.1 Å². The first-order chi connectivity index (χ1) is 12.7. The predicted octanol–water partition coefficient (Wildman–Crippen LogP) is 1.37. The van der Waals surface area contributed by atoms with Crippen molar-refractivity contribution in [2.24, 2.45) is 0 Å². The summed E-state index contributed by atoms with van der Waals surface area (Å²) in [6, 6.07) is 8.48. The van der Waals surface area contributed by atoms with Crippen molar-refractivity contribution in [1.29, 1.82) is 0 Å². The topological polar surface area (TPSA) is 98.8 Å². The van der Waals surface area contributed by atoms with Gasteiger partial charge in [-0.25, -0.2) is 4.98 Å². The fourth-order valence-corrected chi connectivity index (χ4v) is 2.40. The van der Waals surface area contributed by atoms with Crippen molar-refractivity contribution >= 4 is 17.5 Å². The first-order valence-electron chi connectivity index (χ1n) is 8.08. The molecule has 1 aromatic carbocycles. The Hall–Kier alpha value is -3.13. The van der Waals surface area contributed by atoms with Crippen LogP contribution < -0.4 is 20.1 Å². The SMILES string of the molecule is COCCOc1ncccc1CNC(=O)c1ccc2c(c1)OCC(=O)N2. The summed E-state index contributed by atoms with van der Waals surface area (Å²) in [4.78, 5) is 27.9. The van der Waals surface area contributed by atoms with Gasteiger partial charge < -0.3 is 24.8 Å². The van der Waals surface area contributed by atoms with Crippen LogP contribution in [0.1, 0.15) is 15.9 Å². The molecule has 0 spiro atoms. The van der Waals surface area contributed by atoms with Crippen molar-refractivity contribution in [3.05, 3.63) is 47.7 Å². The average molecular weight is 357 g/mol. The fourth-order valence-electron chi connectivity index (χ4n) is 2.40. The Labute approximate surface area is 150 Å². The lowest BCUT2D eigenvalue weighted by Gasteiger charge is -2.18. The highest BCUT2D eigenvalue weighted by Gasteiger charge is 2.18. The molecule has 0 bridgehead atoms. The summed E-state index contributed by atoms with van der Waals surface area (Å²) in [6.45, 7) is 1.04. The highest BCUT2D eigenvalue weighted by molar-refractivity contribution is 5.98. The van der Waals surface area contributed by atoms with Crippen molar-refractivity contribution in [3.63, 3.8) is 0 Å². The first kappa shape index (κ1) is 17.7. The molecule has 2 amide bonds. The number of nitrogens with one attached hydrogen (secondary N) is 2. The summed E-state index contributed by atoms with van der Waals surface area (Å²) < 4.78 is 15.8. The van der Waals surface area contributed by atoms with Crippen LogP contribution in [-0.4, -0.2) is 43.7 Å². The Morgan fingerprint density at radius 2 is 2.23 bits per heavy atom. The third kappa shape index (κ3) is 4.28. The molecule has 0 saturated carbocycles. The zero-order valence-electron chi connectivity index (χ0n) is 14.3. The number of hydrogen-bond donors (Lipinski definition) is 2. The highest BCUT2D eigenvalue weighted by Crippen LogP contribution is 2.28. The van der Waals surface area contributed by atoms with E-state index in [-0.39, 0.29) is 25.0 Å². The summed E-state index contributed by atoms with van der Waals surface area (Å²) in [6.07, 6.45) is 1.63. The van der Waals surface area contributed by atoms with Crippen LogP contribution in [0.2, 0.25) is 0 Å². The number of carbonyl (C=O) groups excluding carboxylic acids is 2. The molecule has 8 heteroatoms. The molecule has 0 saturated heterocycles. The van der Waals surface area contributed by atoms with Gasteiger partial charge in [-0.2, -0.15) is 0 Å². The van der Waals surface area contributed by atoms with Crippen LogP contribution in [0.5, 0.6) is 11.6 Å². The summed E-state index contributed by atoms with van der Waals surface area (Å²) in [5, 5.41) is 5.51. The summed E-state index contributed by atoms with van der Waals surface area (Å²) in [7, 11) is 1.59. The molecule has 8 nitrogen and oxygen atoms in total. The number of nitrogens with zero attached hydrogens (tertiary/aromatic N) is 1. The number of amides is 2. The molecule has 3 rings (SSSR count). The maximum absolute atomic E-state index is 12.4. The summed E-state index contributed by atoms with van der Waals surface area (Å²) in [5.41, 5.74) is 1.75. The van der Waals surface area contributed by atoms with E-state index in [2.05, 4.69) is 15.6 Å². The number of methoxy groups -OCH3 is 1. The Morgan fingerprint density at radius 1 is 1.35 bits per heavy atom. The van der Waals surface area contributed by atoms with Gasteiger partial charge in [-0.1, -0.05) is 6.07 Å². The molecular weight excluding hydrogens is 338 g/mol. The minimum absolute atomic E-state index is 0.0596. The number of anilines is 1. The standard InChI is InChI=1S/C18H19N3O5/c1-24-7-8-25-18-13(3-2-6-19-18)10-20-17(23)12-4-5-14-15(9-12)26-11-16(22)21-14/h2-6,9H,7-8,10-11H2,1H3,(H,20,23)(H,21,22). The highest BCUT2D eigenvalue weighted by atomic mass is 16.5. The molecule has 0 fully saturated rings. The molecular formula is C18H19N3O5. The molecule has 2 heterocycles. The second-order valence-corrected chi connectivity index (χ2v) is 5.54. The van der Waals surface area contributed by atoms with E-state index in [0.29, 0.717) is 36.1 Å². The van der Waals surface area contributed by atoms with E-state index in [1.54, 1.807) is 37.6 Å². The number of benzene rings is 1. The fraction of sp³-hybridized carbons (Fsp3) is 0.278. The van der Waals surface area contributed by atoms with Crippen molar-refractivity contribution < 1.29 is 23.8 Å². The quantitative estimate of drug-likeness (QED) is 0.726. The van der Waals surface area contributed by atoms with Gasteiger partial charge in [0.15, 0.2) is 6.61 Å².